The Labute approximate surface area is 99.8 Å². The number of nitrogens with one attached hydrogen (secondary N) is 1. The lowest BCUT2D eigenvalue weighted by Crippen LogP contribution is -2.27. The zero-order valence-electron chi connectivity index (χ0n) is 10.5. The fourth-order valence-corrected chi connectivity index (χ4v) is 3.29. The molecular formula is C14H27NO. The van der Waals surface area contributed by atoms with Gasteiger partial charge in [0.2, 0.25) is 0 Å². The van der Waals surface area contributed by atoms with Crippen molar-refractivity contribution >= 4 is 0 Å². The second-order valence-corrected chi connectivity index (χ2v) is 5.85. The van der Waals surface area contributed by atoms with Gasteiger partial charge in [-0.2, -0.15) is 0 Å². The largest absolute Gasteiger partial charge is 0.393 e. The molecule has 2 nitrogen and oxygen atoms in total. The molecule has 0 aromatic heterocycles. The number of hydrogen-bond acceptors (Lipinski definition) is 2. The fourth-order valence-electron chi connectivity index (χ4n) is 3.29. The Morgan fingerprint density at radius 1 is 0.812 bits per heavy atom. The summed E-state index contributed by atoms with van der Waals surface area (Å²) in [4.78, 5) is 0. The summed E-state index contributed by atoms with van der Waals surface area (Å²) < 4.78 is 0. The molecule has 0 saturated heterocycles. The predicted octanol–water partition coefficient (Wildman–Crippen LogP) is 2.71. The predicted molar refractivity (Wildman–Crippen MR) is 67.4 cm³/mol. The first-order valence-corrected chi connectivity index (χ1v) is 7.23. The van der Waals surface area contributed by atoms with Gasteiger partial charge < -0.3 is 10.4 Å². The van der Waals surface area contributed by atoms with Crippen molar-refractivity contribution in [1.82, 2.24) is 5.32 Å². The van der Waals surface area contributed by atoms with Crippen molar-refractivity contribution in [2.24, 2.45) is 11.8 Å². The smallest absolute Gasteiger partial charge is 0.0543 e. The molecule has 0 amide bonds. The van der Waals surface area contributed by atoms with Gasteiger partial charge in [0.05, 0.1) is 6.10 Å². The van der Waals surface area contributed by atoms with Gasteiger partial charge in [0.25, 0.3) is 0 Å². The van der Waals surface area contributed by atoms with Gasteiger partial charge in [-0.05, 0) is 57.0 Å². The zero-order chi connectivity index (χ0) is 11.2. The molecule has 2 rings (SSSR count). The maximum absolute atomic E-state index is 9.46. The van der Waals surface area contributed by atoms with E-state index in [1.807, 2.05) is 0 Å². The van der Waals surface area contributed by atoms with Gasteiger partial charge in [-0.3, -0.25) is 0 Å². The topological polar surface area (TPSA) is 32.3 Å². The van der Waals surface area contributed by atoms with Crippen LogP contribution in [0.2, 0.25) is 0 Å². The number of aliphatic hydroxyl groups is 1. The Morgan fingerprint density at radius 2 is 1.50 bits per heavy atom. The monoisotopic (exact) mass is 225 g/mol. The van der Waals surface area contributed by atoms with E-state index >= 15 is 0 Å². The lowest BCUT2D eigenvalue weighted by molar-refractivity contribution is 0.177. The Balaban J connectivity index is 1.56. The first-order valence-electron chi connectivity index (χ1n) is 7.23. The quantitative estimate of drug-likeness (QED) is 0.721. The summed E-state index contributed by atoms with van der Waals surface area (Å²) in [5, 5.41) is 13.1. The van der Waals surface area contributed by atoms with Crippen molar-refractivity contribution in [3.05, 3.63) is 0 Å². The van der Waals surface area contributed by atoms with Gasteiger partial charge in [0.15, 0.2) is 0 Å². The minimum absolute atomic E-state index is 0.00956. The van der Waals surface area contributed by atoms with E-state index in [2.05, 4.69) is 5.32 Å². The minimum Gasteiger partial charge on any atom is -0.393 e. The van der Waals surface area contributed by atoms with Crippen molar-refractivity contribution in [3.63, 3.8) is 0 Å². The van der Waals surface area contributed by atoms with Gasteiger partial charge >= 0.3 is 0 Å². The molecule has 2 unspecified atom stereocenters. The number of hydrogen-bond donors (Lipinski definition) is 2. The molecule has 2 saturated carbocycles. The highest BCUT2D eigenvalue weighted by Gasteiger charge is 2.22. The normalized spacial score (nSPS) is 32.8. The standard InChI is InChI=1S/C14H27NO/c16-14-8-7-13(9-14)11-15-10-12-5-3-1-2-4-6-12/h12-16H,1-11H2. The van der Waals surface area contributed by atoms with Crippen LogP contribution in [0.25, 0.3) is 0 Å². The lowest BCUT2D eigenvalue weighted by Gasteiger charge is -2.17. The fraction of sp³-hybridized carbons (Fsp3) is 1.00. The first-order chi connectivity index (χ1) is 7.84. The summed E-state index contributed by atoms with van der Waals surface area (Å²) in [6, 6.07) is 0. The van der Waals surface area contributed by atoms with Crippen molar-refractivity contribution < 1.29 is 5.11 Å². The van der Waals surface area contributed by atoms with Gasteiger partial charge in [-0.25, -0.2) is 0 Å². The van der Waals surface area contributed by atoms with Crippen LogP contribution < -0.4 is 5.32 Å². The third-order valence-electron chi connectivity index (χ3n) is 4.35. The molecule has 94 valence electrons. The SMILES string of the molecule is OC1CCC(CNCC2CCCCCC2)C1. The molecule has 16 heavy (non-hydrogen) atoms. The highest BCUT2D eigenvalue weighted by Crippen LogP contribution is 2.25. The summed E-state index contributed by atoms with van der Waals surface area (Å²) in [5.74, 6) is 1.66. The van der Waals surface area contributed by atoms with Gasteiger partial charge in [-0.1, -0.05) is 25.7 Å². The molecule has 0 aromatic rings. The van der Waals surface area contributed by atoms with E-state index in [0.717, 1.165) is 31.2 Å². The molecule has 0 radical (unpaired) electrons. The van der Waals surface area contributed by atoms with E-state index in [1.165, 1.54) is 51.5 Å². The average Bonchev–Trinajstić information content (AvgIpc) is 2.54. The van der Waals surface area contributed by atoms with Crippen LogP contribution in [-0.2, 0) is 0 Å². The van der Waals surface area contributed by atoms with Crippen LogP contribution in [0.4, 0.5) is 0 Å². The number of aliphatic hydroxyl groups excluding tert-OH is 1. The Morgan fingerprint density at radius 3 is 2.12 bits per heavy atom. The average molecular weight is 225 g/mol. The molecule has 0 heterocycles. The van der Waals surface area contributed by atoms with Crippen LogP contribution in [0.3, 0.4) is 0 Å². The summed E-state index contributed by atoms with van der Waals surface area (Å²) in [6.45, 7) is 2.35. The lowest BCUT2D eigenvalue weighted by atomic mass is 10.00. The Bertz CT molecular complexity index is 187. The van der Waals surface area contributed by atoms with Crippen LogP contribution in [-0.4, -0.2) is 24.3 Å². The maximum Gasteiger partial charge on any atom is 0.0543 e. The van der Waals surface area contributed by atoms with E-state index < -0.39 is 0 Å². The Kier molecular flexibility index (Phi) is 5.11. The molecule has 0 aromatic carbocycles. The van der Waals surface area contributed by atoms with Crippen LogP contribution in [0.5, 0.6) is 0 Å². The van der Waals surface area contributed by atoms with Gasteiger partial charge in [0.1, 0.15) is 0 Å². The molecule has 2 aliphatic rings. The van der Waals surface area contributed by atoms with Crippen molar-refractivity contribution in [2.45, 2.75) is 63.9 Å². The minimum atomic E-state index is -0.00956. The molecule has 2 atom stereocenters. The first kappa shape index (κ1) is 12.4. The third kappa shape index (κ3) is 4.06. The molecule has 2 heteroatoms. The van der Waals surface area contributed by atoms with Crippen LogP contribution in [0.15, 0.2) is 0 Å². The van der Waals surface area contributed by atoms with E-state index in [9.17, 15) is 5.11 Å². The van der Waals surface area contributed by atoms with Crippen LogP contribution >= 0.6 is 0 Å². The highest BCUT2D eigenvalue weighted by molar-refractivity contribution is 4.77. The van der Waals surface area contributed by atoms with Gasteiger partial charge in [-0.15, -0.1) is 0 Å². The summed E-state index contributed by atoms with van der Waals surface area (Å²) in [6.07, 6.45) is 11.9. The highest BCUT2D eigenvalue weighted by atomic mass is 16.3. The molecule has 0 spiro atoms. The molecular weight excluding hydrogens is 198 g/mol. The second kappa shape index (κ2) is 6.61. The molecule has 2 fully saturated rings. The number of rotatable bonds is 4. The van der Waals surface area contributed by atoms with E-state index in [-0.39, 0.29) is 6.10 Å². The van der Waals surface area contributed by atoms with Gasteiger partial charge in [0, 0.05) is 0 Å². The second-order valence-electron chi connectivity index (χ2n) is 5.85. The van der Waals surface area contributed by atoms with Crippen molar-refractivity contribution in [3.8, 4) is 0 Å². The molecule has 0 bridgehead atoms. The van der Waals surface area contributed by atoms with Crippen molar-refractivity contribution in [1.29, 1.82) is 0 Å². The van der Waals surface area contributed by atoms with Crippen LogP contribution in [0.1, 0.15) is 57.8 Å². The zero-order valence-corrected chi connectivity index (χ0v) is 10.5. The van der Waals surface area contributed by atoms with Crippen molar-refractivity contribution in [2.75, 3.05) is 13.1 Å². The summed E-state index contributed by atoms with van der Waals surface area (Å²) >= 11 is 0. The summed E-state index contributed by atoms with van der Waals surface area (Å²) in [7, 11) is 0. The molecule has 2 aliphatic carbocycles. The third-order valence-corrected chi connectivity index (χ3v) is 4.35. The van der Waals surface area contributed by atoms with E-state index in [4.69, 9.17) is 0 Å². The maximum atomic E-state index is 9.46. The molecule has 2 N–H and O–H groups in total. The summed E-state index contributed by atoms with van der Waals surface area (Å²) in [5.41, 5.74) is 0. The van der Waals surface area contributed by atoms with E-state index in [1.54, 1.807) is 0 Å². The molecule has 0 aliphatic heterocycles. The van der Waals surface area contributed by atoms with E-state index in [0.29, 0.717) is 0 Å². The Hall–Kier alpha value is -0.0800. The van der Waals surface area contributed by atoms with Crippen LogP contribution in [0, 0.1) is 11.8 Å².